The van der Waals surface area contributed by atoms with Crippen molar-refractivity contribution in [1.82, 2.24) is 4.90 Å². The van der Waals surface area contributed by atoms with Crippen LogP contribution in [0.1, 0.15) is 28.8 Å². The van der Waals surface area contributed by atoms with Gasteiger partial charge >= 0.3 is 5.97 Å². The minimum Gasteiger partial charge on any atom is -0.478 e. The molecule has 1 amide bonds. The van der Waals surface area contributed by atoms with Crippen LogP contribution in [0.2, 0.25) is 0 Å². The van der Waals surface area contributed by atoms with Crippen LogP contribution < -0.4 is 0 Å². The Kier molecular flexibility index (Phi) is 4.56. The third-order valence-corrected chi connectivity index (χ3v) is 3.78. The van der Waals surface area contributed by atoms with Crippen molar-refractivity contribution in [2.24, 2.45) is 5.92 Å². The Labute approximate surface area is 118 Å². The maximum Gasteiger partial charge on any atom is 0.335 e. The number of benzene rings is 1. The van der Waals surface area contributed by atoms with Crippen molar-refractivity contribution in [2.75, 3.05) is 13.1 Å². The summed E-state index contributed by atoms with van der Waals surface area (Å²) < 4.78 is 0. The predicted octanol–water partition coefficient (Wildman–Crippen LogP) is 2.35. The van der Waals surface area contributed by atoms with Crippen molar-refractivity contribution in [3.8, 4) is 0 Å². The average molecular weight is 273 g/mol. The van der Waals surface area contributed by atoms with E-state index in [0.717, 1.165) is 31.5 Å². The zero-order valence-corrected chi connectivity index (χ0v) is 11.4. The highest BCUT2D eigenvalue weighted by molar-refractivity contribution is 5.87. The maximum absolute atomic E-state index is 12.2. The summed E-state index contributed by atoms with van der Waals surface area (Å²) in [7, 11) is 0. The van der Waals surface area contributed by atoms with Gasteiger partial charge < -0.3 is 10.0 Å². The Morgan fingerprint density at radius 1 is 1.25 bits per heavy atom. The van der Waals surface area contributed by atoms with E-state index in [1.165, 1.54) is 12.1 Å². The molecular formula is C16H19NO3. The molecule has 1 aromatic carbocycles. The molecule has 4 nitrogen and oxygen atoms in total. The largest absolute Gasteiger partial charge is 0.478 e. The second-order valence-electron chi connectivity index (χ2n) is 5.13. The van der Waals surface area contributed by atoms with Crippen molar-refractivity contribution in [2.45, 2.75) is 19.3 Å². The van der Waals surface area contributed by atoms with E-state index in [0.29, 0.717) is 12.3 Å². The van der Waals surface area contributed by atoms with E-state index < -0.39 is 5.97 Å². The number of nitrogens with zero attached hydrogens (tertiary/aromatic N) is 1. The van der Waals surface area contributed by atoms with E-state index in [-0.39, 0.29) is 11.5 Å². The molecule has 1 heterocycles. The first-order chi connectivity index (χ1) is 9.60. The van der Waals surface area contributed by atoms with Crippen LogP contribution in [0.4, 0.5) is 0 Å². The van der Waals surface area contributed by atoms with E-state index in [1.54, 1.807) is 12.1 Å². The number of hydrogen-bond acceptors (Lipinski definition) is 2. The standard InChI is InChI=1S/C16H19NO3/c1-2-12-7-9-17(10-8-12)15(18)11-13-3-5-14(6-4-13)16(19)20/h2-6,12H,1,7-11H2,(H,19,20). The molecular weight excluding hydrogens is 254 g/mol. The van der Waals surface area contributed by atoms with Gasteiger partial charge in [-0.15, -0.1) is 6.58 Å². The number of rotatable bonds is 4. The lowest BCUT2D eigenvalue weighted by atomic mass is 9.96. The average Bonchev–Trinajstić information content (AvgIpc) is 2.48. The summed E-state index contributed by atoms with van der Waals surface area (Å²) in [6.45, 7) is 5.35. The van der Waals surface area contributed by atoms with Gasteiger partial charge in [0, 0.05) is 13.1 Å². The summed E-state index contributed by atoms with van der Waals surface area (Å²) in [5, 5.41) is 8.83. The summed E-state index contributed by atoms with van der Waals surface area (Å²) >= 11 is 0. The summed E-state index contributed by atoms with van der Waals surface area (Å²) in [6, 6.07) is 6.49. The van der Waals surface area contributed by atoms with Gasteiger partial charge in [0.15, 0.2) is 0 Å². The molecule has 1 N–H and O–H groups in total. The van der Waals surface area contributed by atoms with E-state index >= 15 is 0 Å². The van der Waals surface area contributed by atoms with Crippen molar-refractivity contribution < 1.29 is 14.7 Å². The summed E-state index contributed by atoms with van der Waals surface area (Å²) in [5.74, 6) is -0.320. The number of allylic oxidation sites excluding steroid dienone is 1. The van der Waals surface area contributed by atoms with Crippen molar-refractivity contribution in [1.29, 1.82) is 0 Å². The molecule has 1 saturated heterocycles. The zero-order chi connectivity index (χ0) is 14.5. The lowest BCUT2D eigenvalue weighted by molar-refractivity contribution is -0.131. The van der Waals surface area contributed by atoms with Crippen LogP contribution >= 0.6 is 0 Å². The molecule has 2 rings (SSSR count). The third kappa shape index (κ3) is 3.47. The number of likely N-dealkylation sites (tertiary alicyclic amines) is 1. The van der Waals surface area contributed by atoms with Gasteiger partial charge in [-0.2, -0.15) is 0 Å². The molecule has 0 atom stereocenters. The topological polar surface area (TPSA) is 57.6 Å². The second-order valence-corrected chi connectivity index (χ2v) is 5.13. The Morgan fingerprint density at radius 3 is 2.35 bits per heavy atom. The number of carbonyl (C=O) groups excluding carboxylic acids is 1. The van der Waals surface area contributed by atoms with Crippen LogP contribution in [0.5, 0.6) is 0 Å². The van der Waals surface area contributed by atoms with Gasteiger partial charge in [0.05, 0.1) is 12.0 Å². The summed E-state index contributed by atoms with van der Waals surface area (Å²) in [4.78, 5) is 24.8. The Balaban J connectivity index is 1.91. The molecule has 1 aliphatic heterocycles. The number of amides is 1. The lowest BCUT2D eigenvalue weighted by Gasteiger charge is -2.30. The quantitative estimate of drug-likeness (QED) is 0.857. The molecule has 0 aromatic heterocycles. The van der Waals surface area contributed by atoms with Crippen LogP contribution in [-0.4, -0.2) is 35.0 Å². The number of carboxylic acids is 1. The van der Waals surface area contributed by atoms with Gasteiger partial charge in [-0.3, -0.25) is 4.79 Å². The van der Waals surface area contributed by atoms with Gasteiger partial charge in [-0.1, -0.05) is 18.2 Å². The van der Waals surface area contributed by atoms with Crippen molar-refractivity contribution in [3.05, 3.63) is 48.0 Å². The molecule has 1 aliphatic rings. The SMILES string of the molecule is C=CC1CCN(C(=O)Cc2ccc(C(=O)O)cc2)CC1. The van der Waals surface area contributed by atoms with Crippen LogP contribution in [0, 0.1) is 5.92 Å². The van der Waals surface area contributed by atoms with Gasteiger partial charge in [0.2, 0.25) is 5.91 Å². The predicted molar refractivity (Wildman–Crippen MR) is 76.6 cm³/mol. The first-order valence-electron chi connectivity index (χ1n) is 6.82. The third-order valence-electron chi connectivity index (χ3n) is 3.78. The molecule has 1 aromatic rings. The van der Waals surface area contributed by atoms with E-state index in [9.17, 15) is 9.59 Å². The Morgan fingerprint density at radius 2 is 1.85 bits per heavy atom. The first kappa shape index (κ1) is 14.3. The fourth-order valence-corrected chi connectivity index (χ4v) is 2.44. The molecule has 0 spiro atoms. The van der Waals surface area contributed by atoms with Gasteiger partial charge in [0.1, 0.15) is 0 Å². The highest BCUT2D eigenvalue weighted by Crippen LogP contribution is 2.18. The molecule has 0 radical (unpaired) electrons. The van der Waals surface area contributed by atoms with Crippen LogP contribution in [0.25, 0.3) is 0 Å². The number of aromatic carboxylic acids is 1. The number of carboxylic acid groups (broad SMARTS) is 1. The maximum atomic E-state index is 12.2. The van der Waals surface area contributed by atoms with Crippen LogP contribution in [-0.2, 0) is 11.2 Å². The first-order valence-corrected chi connectivity index (χ1v) is 6.82. The molecule has 4 heteroatoms. The Hall–Kier alpha value is -2.10. The second kappa shape index (κ2) is 6.37. The number of carbonyl (C=O) groups is 2. The molecule has 1 fully saturated rings. The molecule has 0 bridgehead atoms. The van der Waals surface area contributed by atoms with Gasteiger partial charge in [0.25, 0.3) is 0 Å². The fourth-order valence-electron chi connectivity index (χ4n) is 2.44. The van der Waals surface area contributed by atoms with Crippen LogP contribution in [0.15, 0.2) is 36.9 Å². The monoisotopic (exact) mass is 273 g/mol. The molecule has 20 heavy (non-hydrogen) atoms. The van der Waals surface area contributed by atoms with Gasteiger partial charge in [-0.05, 0) is 36.5 Å². The molecule has 0 saturated carbocycles. The zero-order valence-electron chi connectivity index (χ0n) is 11.4. The van der Waals surface area contributed by atoms with Gasteiger partial charge in [-0.25, -0.2) is 4.79 Å². The smallest absolute Gasteiger partial charge is 0.335 e. The van der Waals surface area contributed by atoms with Crippen molar-refractivity contribution >= 4 is 11.9 Å². The van der Waals surface area contributed by atoms with Crippen LogP contribution in [0.3, 0.4) is 0 Å². The lowest BCUT2D eigenvalue weighted by Crippen LogP contribution is -2.38. The molecule has 106 valence electrons. The minimum absolute atomic E-state index is 0.107. The van der Waals surface area contributed by atoms with E-state index in [1.807, 2.05) is 11.0 Å². The summed E-state index contributed by atoms with van der Waals surface area (Å²) in [5.41, 5.74) is 1.10. The van der Waals surface area contributed by atoms with E-state index in [4.69, 9.17) is 5.11 Å². The summed E-state index contributed by atoms with van der Waals surface area (Å²) in [6.07, 6.45) is 4.26. The molecule has 0 aliphatic carbocycles. The minimum atomic E-state index is -0.950. The highest BCUT2D eigenvalue weighted by Gasteiger charge is 2.21. The Bertz CT molecular complexity index is 499. The molecule has 0 unspecified atom stereocenters. The normalized spacial score (nSPS) is 15.9. The van der Waals surface area contributed by atoms with E-state index in [2.05, 4.69) is 6.58 Å². The highest BCUT2D eigenvalue weighted by atomic mass is 16.4. The number of hydrogen-bond donors (Lipinski definition) is 1. The number of piperidine rings is 1. The fraction of sp³-hybridized carbons (Fsp3) is 0.375. The van der Waals surface area contributed by atoms with Crippen molar-refractivity contribution in [3.63, 3.8) is 0 Å².